The molecule has 0 aliphatic carbocycles. The SMILES string of the molecule is Cc1cc(C)c(/C=C2\N=C(C(C)C)OC2=O)c(C)c1. The van der Waals surface area contributed by atoms with Gasteiger partial charge in [-0.2, -0.15) is 0 Å². The highest BCUT2D eigenvalue weighted by atomic mass is 16.6. The lowest BCUT2D eigenvalue weighted by Crippen LogP contribution is -2.09. The number of nitrogens with zero attached hydrogens (tertiary/aromatic N) is 1. The Morgan fingerprint density at radius 1 is 1.16 bits per heavy atom. The van der Waals surface area contributed by atoms with Crippen LogP contribution in [0, 0.1) is 26.7 Å². The highest BCUT2D eigenvalue weighted by Crippen LogP contribution is 2.23. The monoisotopic (exact) mass is 257 g/mol. The minimum Gasteiger partial charge on any atom is -0.407 e. The number of cyclic esters (lactones) is 1. The molecule has 0 atom stereocenters. The van der Waals surface area contributed by atoms with E-state index in [1.165, 1.54) is 5.56 Å². The van der Waals surface area contributed by atoms with E-state index in [4.69, 9.17) is 4.74 Å². The van der Waals surface area contributed by atoms with E-state index in [0.29, 0.717) is 11.6 Å². The molecule has 1 aliphatic heterocycles. The molecule has 19 heavy (non-hydrogen) atoms. The lowest BCUT2D eigenvalue weighted by molar-refractivity contribution is -0.130. The van der Waals surface area contributed by atoms with E-state index in [9.17, 15) is 4.79 Å². The van der Waals surface area contributed by atoms with Crippen molar-refractivity contribution in [2.75, 3.05) is 0 Å². The molecule has 100 valence electrons. The highest BCUT2D eigenvalue weighted by Gasteiger charge is 2.25. The minimum atomic E-state index is -0.358. The number of hydrogen-bond donors (Lipinski definition) is 0. The second-order valence-corrected chi connectivity index (χ2v) is 5.34. The number of esters is 1. The van der Waals surface area contributed by atoms with Gasteiger partial charge in [-0.25, -0.2) is 9.79 Å². The van der Waals surface area contributed by atoms with Crippen molar-refractivity contribution in [3.63, 3.8) is 0 Å². The van der Waals surface area contributed by atoms with Crippen molar-refractivity contribution in [1.29, 1.82) is 0 Å². The summed E-state index contributed by atoms with van der Waals surface area (Å²) in [6.45, 7) is 10.1. The van der Waals surface area contributed by atoms with Crippen LogP contribution in [0.3, 0.4) is 0 Å². The van der Waals surface area contributed by atoms with Crippen LogP contribution in [0.15, 0.2) is 22.8 Å². The smallest absolute Gasteiger partial charge is 0.363 e. The third-order valence-electron chi connectivity index (χ3n) is 3.15. The van der Waals surface area contributed by atoms with E-state index in [1.54, 1.807) is 0 Å². The van der Waals surface area contributed by atoms with Crippen LogP contribution in [0.25, 0.3) is 6.08 Å². The first-order chi connectivity index (χ1) is 8.88. The molecule has 3 heteroatoms. The van der Waals surface area contributed by atoms with Crippen LogP contribution >= 0.6 is 0 Å². The van der Waals surface area contributed by atoms with E-state index < -0.39 is 0 Å². The second-order valence-electron chi connectivity index (χ2n) is 5.34. The fourth-order valence-electron chi connectivity index (χ4n) is 2.23. The van der Waals surface area contributed by atoms with Gasteiger partial charge in [-0.3, -0.25) is 0 Å². The summed E-state index contributed by atoms with van der Waals surface area (Å²) >= 11 is 0. The molecule has 0 radical (unpaired) electrons. The molecule has 1 aromatic rings. The zero-order valence-electron chi connectivity index (χ0n) is 12.1. The number of ether oxygens (including phenoxy) is 1. The number of benzene rings is 1. The summed E-state index contributed by atoms with van der Waals surface area (Å²) in [5.41, 5.74) is 4.94. The molecular weight excluding hydrogens is 238 g/mol. The topological polar surface area (TPSA) is 38.7 Å². The second kappa shape index (κ2) is 5.00. The zero-order chi connectivity index (χ0) is 14.2. The molecule has 1 heterocycles. The predicted molar refractivity (Wildman–Crippen MR) is 77.0 cm³/mol. The van der Waals surface area contributed by atoms with Gasteiger partial charge in [0.25, 0.3) is 0 Å². The zero-order valence-corrected chi connectivity index (χ0v) is 12.1. The molecule has 1 aliphatic rings. The summed E-state index contributed by atoms with van der Waals surface area (Å²) in [5, 5.41) is 0. The van der Waals surface area contributed by atoms with Crippen molar-refractivity contribution in [1.82, 2.24) is 0 Å². The third-order valence-corrected chi connectivity index (χ3v) is 3.15. The molecule has 0 fully saturated rings. The maximum absolute atomic E-state index is 11.8. The van der Waals surface area contributed by atoms with E-state index in [1.807, 2.05) is 33.8 Å². The maximum atomic E-state index is 11.8. The molecule has 0 saturated carbocycles. The quantitative estimate of drug-likeness (QED) is 0.600. The third kappa shape index (κ3) is 2.75. The van der Waals surface area contributed by atoms with E-state index in [-0.39, 0.29) is 11.9 Å². The van der Waals surface area contributed by atoms with Gasteiger partial charge in [-0.15, -0.1) is 0 Å². The largest absolute Gasteiger partial charge is 0.407 e. The summed E-state index contributed by atoms with van der Waals surface area (Å²) in [4.78, 5) is 16.1. The molecule has 0 bridgehead atoms. The average Bonchev–Trinajstić information content (AvgIpc) is 2.65. The number of carbonyl (C=O) groups is 1. The van der Waals surface area contributed by atoms with Crippen molar-refractivity contribution in [2.45, 2.75) is 34.6 Å². The summed E-state index contributed by atoms with van der Waals surface area (Å²) in [6, 6.07) is 4.21. The standard InChI is InChI=1S/C16H19NO2/c1-9(2)15-17-14(16(18)19-15)8-13-11(4)6-10(3)7-12(13)5/h6-9H,1-5H3/b14-8-. The maximum Gasteiger partial charge on any atom is 0.363 e. The van der Waals surface area contributed by atoms with Crippen LogP contribution in [-0.4, -0.2) is 11.9 Å². The van der Waals surface area contributed by atoms with Gasteiger partial charge in [-0.1, -0.05) is 31.5 Å². The van der Waals surface area contributed by atoms with Crippen LogP contribution in [0.4, 0.5) is 0 Å². The Kier molecular flexibility index (Phi) is 3.56. The average molecular weight is 257 g/mol. The first-order valence-electron chi connectivity index (χ1n) is 6.49. The number of aliphatic imine (C=N–C) groups is 1. The number of carbonyl (C=O) groups excluding carboxylic acids is 1. The minimum absolute atomic E-state index is 0.120. The van der Waals surface area contributed by atoms with Crippen molar-refractivity contribution in [2.24, 2.45) is 10.9 Å². The predicted octanol–water partition coefficient (Wildman–Crippen LogP) is 3.56. The van der Waals surface area contributed by atoms with Gasteiger partial charge in [0.05, 0.1) is 0 Å². The molecule has 3 nitrogen and oxygen atoms in total. The first kappa shape index (κ1) is 13.5. The Hall–Kier alpha value is -1.90. The lowest BCUT2D eigenvalue weighted by atomic mass is 9.99. The van der Waals surface area contributed by atoms with Crippen molar-refractivity contribution < 1.29 is 9.53 Å². The Balaban J connectivity index is 2.45. The number of rotatable bonds is 2. The Labute approximate surface area is 114 Å². The van der Waals surface area contributed by atoms with Crippen LogP contribution in [0.1, 0.15) is 36.1 Å². The fraction of sp³-hybridized carbons (Fsp3) is 0.375. The van der Waals surface area contributed by atoms with Gasteiger partial charge in [0.2, 0.25) is 5.90 Å². The molecule has 2 rings (SSSR count). The number of hydrogen-bond acceptors (Lipinski definition) is 3. The molecule has 1 aromatic carbocycles. The van der Waals surface area contributed by atoms with Gasteiger partial charge in [0.1, 0.15) is 0 Å². The van der Waals surface area contributed by atoms with Crippen LogP contribution in [-0.2, 0) is 9.53 Å². The van der Waals surface area contributed by atoms with Crippen LogP contribution in [0.2, 0.25) is 0 Å². The Morgan fingerprint density at radius 2 is 1.74 bits per heavy atom. The molecule has 0 N–H and O–H groups in total. The van der Waals surface area contributed by atoms with Gasteiger partial charge in [-0.05, 0) is 43.5 Å². The van der Waals surface area contributed by atoms with Gasteiger partial charge in [0.15, 0.2) is 5.70 Å². The molecule has 0 spiro atoms. The van der Waals surface area contributed by atoms with E-state index >= 15 is 0 Å². The van der Waals surface area contributed by atoms with Crippen LogP contribution < -0.4 is 0 Å². The van der Waals surface area contributed by atoms with Crippen molar-refractivity contribution in [3.05, 3.63) is 40.1 Å². The highest BCUT2D eigenvalue weighted by molar-refractivity contribution is 6.07. The molecule has 0 saturated heterocycles. The molecule has 0 amide bonds. The molecule has 0 unspecified atom stereocenters. The fourth-order valence-corrected chi connectivity index (χ4v) is 2.23. The van der Waals surface area contributed by atoms with Crippen molar-refractivity contribution >= 4 is 17.9 Å². The number of aryl methyl sites for hydroxylation is 3. The normalized spacial score (nSPS) is 17.1. The van der Waals surface area contributed by atoms with E-state index in [0.717, 1.165) is 16.7 Å². The first-order valence-corrected chi connectivity index (χ1v) is 6.49. The summed E-state index contributed by atoms with van der Waals surface area (Å²) in [6.07, 6.45) is 1.82. The van der Waals surface area contributed by atoms with Gasteiger partial charge < -0.3 is 4.74 Å². The Morgan fingerprint density at radius 3 is 2.21 bits per heavy atom. The van der Waals surface area contributed by atoms with Gasteiger partial charge >= 0.3 is 5.97 Å². The molecule has 0 aromatic heterocycles. The summed E-state index contributed by atoms with van der Waals surface area (Å²) in [5.74, 6) is 0.261. The molecular formula is C16H19NO2. The van der Waals surface area contributed by atoms with E-state index in [2.05, 4.69) is 24.0 Å². The van der Waals surface area contributed by atoms with Crippen molar-refractivity contribution in [3.8, 4) is 0 Å². The van der Waals surface area contributed by atoms with Gasteiger partial charge in [0, 0.05) is 5.92 Å². The Bertz CT molecular complexity index is 572. The summed E-state index contributed by atoms with van der Waals surface area (Å²) in [7, 11) is 0. The lowest BCUT2D eigenvalue weighted by Gasteiger charge is -2.07. The summed E-state index contributed by atoms with van der Waals surface area (Å²) < 4.78 is 5.15. The van der Waals surface area contributed by atoms with Crippen LogP contribution in [0.5, 0.6) is 0 Å².